The zero-order chi connectivity index (χ0) is 9.64. The standard InChI is InChI=1S/C10H17N3S/c1-3-11-7-9(1)8-12-4-2-10-13-5-6-14-10/h5-6,9,11-12H,1-4,7-8H2. The number of hydrogen-bond donors (Lipinski definition) is 2. The van der Waals surface area contributed by atoms with E-state index in [1.54, 1.807) is 11.3 Å². The van der Waals surface area contributed by atoms with Crippen LogP contribution in [0.3, 0.4) is 0 Å². The molecule has 1 aliphatic rings. The first-order chi connectivity index (χ1) is 6.95. The van der Waals surface area contributed by atoms with Crippen LogP contribution in [0, 0.1) is 5.92 Å². The van der Waals surface area contributed by atoms with Gasteiger partial charge in [-0.05, 0) is 32.0 Å². The van der Waals surface area contributed by atoms with E-state index >= 15 is 0 Å². The van der Waals surface area contributed by atoms with E-state index in [1.165, 1.54) is 24.5 Å². The van der Waals surface area contributed by atoms with Crippen molar-refractivity contribution < 1.29 is 0 Å². The Morgan fingerprint density at radius 1 is 1.64 bits per heavy atom. The van der Waals surface area contributed by atoms with Gasteiger partial charge in [0.2, 0.25) is 0 Å². The zero-order valence-corrected chi connectivity index (χ0v) is 9.15. The van der Waals surface area contributed by atoms with E-state index in [0.717, 1.165) is 25.4 Å². The lowest BCUT2D eigenvalue weighted by molar-refractivity contribution is 0.515. The molecule has 0 saturated carbocycles. The highest BCUT2D eigenvalue weighted by Gasteiger charge is 2.12. The number of hydrogen-bond acceptors (Lipinski definition) is 4. The maximum Gasteiger partial charge on any atom is 0.0937 e. The lowest BCUT2D eigenvalue weighted by Crippen LogP contribution is -2.26. The average molecular weight is 211 g/mol. The van der Waals surface area contributed by atoms with Crippen molar-refractivity contribution in [2.75, 3.05) is 26.2 Å². The molecular weight excluding hydrogens is 194 g/mol. The molecule has 1 aromatic heterocycles. The van der Waals surface area contributed by atoms with Gasteiger partial charge in [-0.1, -0.05) is 0 Å². The van der Waals surface area contributed by atoms with E-state index in [4.69, 9.17) is 0 Å². The van der Waals surface area contributed by atoms with Crippen molar-refractivity contribution in [2.45, 2.75) is 12.8 Å². The molecule has 14 heavy (non-hydrogen) atoms. The van der Waals surface area contributed by atoms with Gasteiger partial charge in [-0.2, -0.15) is 0 Å². The number of thiazole rings is 1. The SMILES string of the molecule is c1csc(CCNCC2CCNC2)n1. The molecule has 0 amide bonds. The maximum atomic E-state index is 4.25. The Labute approximate surface area is 88.9 Å². The third kappa shape index (κ3) is 3.04. The normalized spacial score (nSPS) is 21.6. The monoisotopic (exact) mass is 211 g/mol. The predicted molar refractivity (Wildman–Crippen MR) is 59.7 cm³/mol. The van der Waals surface area contributed by atoms with Crippen LogP contribution in [0.15, 0.2) is 11.6 Å². The fraction of sp³-hybridized carbons (Fsp3) is 0.700. The molecule has 1 fully saturated rings. The Bertz CT molecular complexity index is 242. The van der Waals surface area contributed by atoms with E-state index in [0.29, 0.717) is 0 Å². The zero-order valence-electron chi connectivity index (χ0n) is 8.33. The summed E-state index contributed by atoms with van der Waals surface area (Å²) >= 11 is 1.74. The number of nitrogens with one attached hydrogen (secondary N) is 2. The Morgan fingerprint density at radius 2 is 2.64 bits per heavy atom. The first-order valence-electron chi connectivity index (χ1n) is 5.25. The molecule has 2 heterocycles. The summed E-state index contributed by atoms with van der Waals surface area (Å²) in [7, 11) is 0. The molecule has 1 atom stereocenters. The van der Waals surface area contributed by atoms with Gasteiger partial charge in [-0.25, -0.2) is 4.98 Å². The van der Waals surface area contributed by atoms with Crippen molar-refractivity contribution in [3.05, 3.63) is 16.6 Å². The molecule has 4 heteroatoms. The fourth-order valence-corrected chi connectivity index (χ4v) is 2.39. The lowest BCUT2D eigenvalue weighted by atomic mass is 10.1. The largest absolute Gasteiger partial charge is 0.316 e. The Morgan fingerprint density at radius 3 is 3.36 bits per heavy atom. The van der Waals surface area contributed by atoms with E-state index in [9.17, 15) is 0 Å². The smallest absolute Gasteiger partial charge is 0.0937 e. The molecule has 3 nitrogen and oxygen atoms in total. The van der Waals surface area contributed by atoms with Crippen LogP contribution in [-0.4, -0.2) is 31.2 Å². The lowest BCUT2D eigenvalue weighted by Gasteiger charge is -2.08. The van der Waals surface area contributed by atoms with Crippen molar-refractivity contribution in [3.63, 3.8) is 0 Å². The molecule has 1 aliphatic heterocycles. The molecule has 2 N–H and O–H groups in total. The van der Waals surface area contributed by atoms with Gasteiger partial charge in [0.05, 0.1) is 5.01 Å². The van der Waals surface area contributed by atoms with Gasteiger partial charge in [0.1, 0.15) is 0 Å². The first-order valence-corrected chi connectivity index (χ1v) is 6.13. The van der Waals surface area contributed by atoms with Crippen LogP contribution in [0.2, 0.25) is 0 Å². The van der Waals surface area contributed by atoms with Gasteiger partial charge in [0, 0.05) is 24.5 Å². The van der Waals surface area contributed by atoms with Crippen molar-refractivity contribution in [1.82, 2.24) is 15.6 Å². The molecule has 0 bridgehead atoms. The molecule has 0 radical (unpaired) electrons. The van der Waals surface area contributed by atoms with Gasteiger partial charge < -0.3 is 10.6 Å². The summed E-state index contributed by atoms with van der Waals surface area (Å²) in [5, 5.41) is 10.1. The number of rotatable bonds is 5. The molecule has 1 saturated heterocycles. The molecular formula is C10H17N3S. The summed E-state index contributed by atoms with van der Waals surface area (Å²) in [5.41, 5.74) is 0. The highest BCUT2D eigenvalue weighted by Crippen LogP contribution is 2.06. The minimum atomic E-state index is 0.839. The Balaban J connectivity index is 1.55. The predicted octanol–water partition coefficient (Wildman–Crippen LogP) is 0.885. The van der Waals surface area contributed by atoms with Crippen LogP contribution in [-0.2, 0) is 6.42 Å². The van der Waals surface area contributed by atoms with E-state index in [-0.39, 0.29) is 0 Å². The number of aromatic nitrogens is 1. The van der Waals surface area contributed by atoms with Crippen LogP contribution in [0.4, 0.5) is 0 Å². The molecule has 1 aromatic rings. The van der Waals surface area contributed by atoms with Crippen LogP contribution in [0.25, 0.3) is 0 Å². The summed E-state index contributed by atoms with van der Waals surface area (Å²) in [6, 6.07) is 0. The van der Waals surface area contributed by atoms with Crippen molar-refractivity contribution in [3.8, 4) is 0 Å². The van der Waals surface area contributed by atoms with Gasteiger partial charge in [-0.15, -0.1) is 11.3 Å². The summed E-state index contributed by atoms with van der Waals surface area (Å²) in [6.45, 7) is 4.59. The van der Waals surface area contributed by atoms with E-state index in [1.807, 2.05) is 11.6 Å². The third-order valence-electron chi connectivity index (χ3n) is 2.59. The Hall–Kier alpha value is -0.450. The fourth-order valence-electron chi connectivity index (χ4n) is 1.77. The van der Waals surface area contributed by atoms with Crippen molar-refractivity contribution in [1.29, 1.82) is 0 Å². The summed E-state index contributed by atoms with van der Waals surface area (Å²) < 4.78 is 0. The minimum absolute atomic E-state index is 0.839. The second-order valence-corrected chi connectivity index (χ2v) is 4.72. The second kappa shape index (κ2) is 5.44. The van der Waals surface area contributed by atoms with Crippen LogP contribution < -0.4 is 10.6 Å². The topological polar surface area (TPSA) is 37.0 Å². The van der Waals surface area contributed by atoms with Crippen molar-refractivity contribution in [2.24, 2.45) is 5.92 Å². The van der Waals surface area contributed by atoms with Gasteiger partial charge in [-0.3, -0.25) is 0 Å². The van der Waals surface area contributed by atoms with Crippen LogP contribution in [0.5, 0.6) is 0 Å². The van der Waals surface area contributed by atoms with Gasteiger partial charge in [0.15, 0.2) is 0 Å². The summed E-state index contributed by atoms with van der Waals surface area (Å²) in [6.07, 6.45) is 4.27. The molecule has 78 valence electrons. The minimum Gasteiger partial charge on any atom is -0.316 e. The average Bonchev–Trinajstić information content (AvgIpc) is 2.86. The van der Waals surface area contributed by atoms with Crippen LogP contribution >= 0.6 is 11.3 Å². The van der Waals surface area contributed by atoms with Gasteiger partial charge >= 0.3 is 0 Å². The summed E-state index contributed by atoms with van der Waals surface area (Å²) in [5.74, 6) is 0.839. The van der Waals surface area contributed by atoms with E-state index < -0.39 is 0 Å². The maximum absolute atomic E-state index is 4.25. The van der Waals surface area contributed by atoms with E-state index in [2.05, 4.69) is 15.6 Å². The number of nitrogens with zero attached hydrogens (tertiary/aromatic N) is 1. The molecule has 0 spiro atoms. The molecule has 1 unspecified atom stereocenters. The second-order valence-electron chi connectivity index (χ2n) is 3.74. The summed E-state index contributed by atoms with van der Waals surface area (Å²) in [4.78, 5) is 4.25. The van der Waals surface area contributed by atoms with Crippen LogP contribution in [0.1, 0.15) is 11.4 Å². The molecule has 2 rings (SSSR count). The molecule has 0 aliphatic carbocycles. The third-order valence-corrected chi connectivity index (χ3v) is 3.43. The first kappa shape index (κ1) is 10.1. The van der Waals surface area contributed by atoms with Gasteiger partial charge in [0.25, 0.3) is 0 Å². The molecule has 0 aromatic carbocycles. The highest BCUT2D eigenvalue weighted by molar-refractivity contribution is 7.09. The Kier molecular flexibility index (Phi) is 3.91. The van der Waals surface area contributed by atoms with Crippen molar-refractivity contribution >= 4 is 11.3 Å². The highest BCUT2D eigenvalue weighted by atomic mass is 32.1. The quantitative estimate of drug-likeness (QED) is 0.710.